The molecule has 3 N–H and O–H groups in total. The average Bonchev–Trinajstić information content (AvgIpc) is 2.98. The van der Waals surface area contributed by atoms with Crippen molar-refractivity contribution in [1.82, 2.24) is 15.3 Å². The molecule has 0 spiro atoms. The summed E-state index contributed by atoms with van der Waals surface area (Å²) in [7, 11) is 0. The van der Waals surface area contributed by atoms with Crippen LogP contribution in [0.3, 0.4) is 0 Å². The zero-order valence-corrected chi connectivity index (χ0v) is 11.4. The van der Waals surface area contributed by atoms with E-state index in [4.69, 9.17) is 5.73 Å². The predicted octanol–water partition coefficient (Wildman–Crippen LogP) is 1.47. The molecule has 7 heteroatoms. The number of nitrogens with zero attached hydrogens (tertiary/aromatic N) is 2. The molecule has 0 aliphatic heterocycles. The number of hydrogen-bond donors (Lipinski definition) is 2. The zero-order chi connectivity index (χ0) is 12.8. The summed E-state index contributed by atoms with van der Waals surface area (Å²) in [4.78, 5) is 19.8. The van der Waals surface area contributed by atoms with Crippen molar-refractivity contribution in [3.05, 3.63) is 27.7 Å². The van der Waals surface area contributed by atoms with Gasteiger partial charge in [-0.1, -0.05) is 0 Å². The molecule has 1 amide bonds. The van der Waals surface area contributed by atoms with Crippen molar-refractivity contribution >= 4 is 33.7 Å². The molecular formula is C11H14N4OS2. The maximum atomic E-state index is 11.6. The highest BCUT2D eigenvalue weighted by molar-refractivity contribution is 7.13. The van der Waals surface area contributed by atoms with E-state index in [9.17, 15) is 4.79 Å². The Bertz CT molecular complexity index is 495. The van der Waals surface area contributed by atoms with Gasteiger partial charge in [-0.2, -0.15) is 0 Å². The van der Waals surface area contributed by atoms with E-state index >= 15 is 0 Å². The second-order valence-corrected chi connectivity index (χ2v) is 5.57. The molecule has 0 aliphatic rings. The topological polar surface area (TPSA) is 80.9 Å². The number of carbonyl (C=O) groups is 1. The van der Waals surface area contributed by atoms with Gasteiger partial charge in [0.05, 0.1) is 10.7 Å². The molecule has 2 aromatic rings. The second kappa shape index (κ2) is 6.46. The molecule has 96 valence electrons. The van der Waals surface area contributed by atoms with Crippen molar-refractivity contribution in [2.45, 2.75) is 19.3 Å². The van der Waals surface area contributed by atoms with Crippen LogP contribution in [0.4, 0.5) is 5.13 Å². The highest BCUT2D eigenvalue weighted by Gasteiger charge is 2.05. The molecule has 2 heterocycles. The maximum Gasteiger partial charge on any atom is 0.220 e. The Kier molecular flexibility index (Phi) is 4.66. The van der Waals surface area contributed by atoms with Gasteiger partial charge in [-0.25, -0.2) is 9.97 Å². The lowest BCUT2D eigenvalue weighted by Crippen LogP contribution is -2.25. The molecule has 0 aliphatic carbocycles. The van der Waals surface area contributed by atoms with Crippen molar-refractivity contribution in [2.24, 2.45) is 0 Å². The van der Waals surface area contributed by atoms with E-state index in [1.54, 1.807) is 17.5 Å². The summed E-state index contributed by atoms with van der Waals surface area (Å²) in [6.07, 6.45) is 3.64. The van der Waals surface area contributed by atoms with Crippen LogP contribution in [0.1, 0.15) is 17.1 Å². The summed E-state index contributed by atoms with van der Waals surface area (Å²) in [6, 6.07) is 0. The number of carbonyl (C=O) groups excluding carboxylic acids is 1. The van der Waals surface area contributed by atoms with Gasteiger partial charge >= 0.3 is 0 Å². The van der Waals surface area contributed by atoms with Crippen LogP contribution < -0.4 is 11.1 Å². The monoisotopic (exact) mass is 282 g/mol. The van der Waals surface area contributed by atoms with E-state index in [-0.39, 0.29) is 5.91 Å². The Morgan fingerprint density at radius 2 is 2.28 bits per heavy atom. The van der Waals surface area contributed by atoms with Crippen molar-refractivity contribution in [3.63, 3.8) is 0 Å². The average molecular weight is 282 g/mol. The molecule has 0 saturated carbocycles. The third-order valence-corrected chi connectivity index (χ3v) is 3.88. The number of aromatic nitrogens is 2. The minimum Gasteiger partial charge on any atom is -0.375 e. The molecule has 0 unspecified atom stereocenters. The van der Waals surface area contributed by atoms with Gasteiger partial charge in [0, 0.05) is 36.3 Å². The first kappa shape index (κ1) is 13.0. The minimum atomic E-state index is 0.0399. The van der Waals surface area contributed by atoms with Crippen LogP contribution >= 0.6 is 22.7 Å². The third kappa shape index (κ3) is 4.08. The number of hydrogen-bond acceptors (Lipinski definition) is 6. The Morgan fingerprint density at radius 3 is 2.94 bits per heavy atom. The number of nitrogens with two attached hydrogens (primary N) is 1. The molecule has 2 rings (SSSR count). The largest absolute Gasteiger partial charge is 0.375 e. The summed E-state index contributed by atoms with van der Waals surface area (Å²) >= 11 is 3.00. The third-order valence-electron chi connectivity index (χ3n) is 2.32. The number of nitrogen functional groups attached to an aromatic ring is 1. The molecule has 0 atom stereocenters. The van der Waals surface area contributed by atoms with Crippen molar-refractivity contribution in [3.8, 4) is 0 Å². The quantitative estimate of drug-likeness (QED) is 0.841. The fourth-order valence-electron chi connectivity index (χ4n) is 1.45. The van der Waals surface area contributed by atoms with Crippen molar-refractivity contribution in [1.29, 1.82) is 0 Å². The summed E-state index contributed by atoms with van der Waals surface area (Å²) in [5, 5.41) is 8.29. The molecule has 0 radical (unpaired) electrons. The lowest BCUT2D eigenvalue weighted by Gasteiger charge is -2.02. The van der Waals surface area contributed by atoms with Gasteiger partial charge in [-0.05, 0) is 6.42 Å². The van der Waals surface area contributed by atoms with E-state index < -0.39 is 0 Å². The van der Waals surface area contributed by atoms with Crippen molar-refractivity contribution in [2.75, 3.05) is 12.3 Å². The van der Waals surface area contributed by atoms with Gasteiger partial charge in [-0.15, -0.1) is 22.7 Å². The van der Waals surface area contributed by atoms with E-state index in [1.165, 1.54) is 11.3 Å². The van der Waals surface area contributed by atoms with Gasteiger partial charge in [-0.3, -0.25) is 4.79 Å². The van der Waals surface area contributed by atoms with Crippen molar-refractivity contribution < 1.29 is 4.79 Å². The molecule has 0 fully saturated rings. The molecule has 2 aromatic heterocycles. The molecule has 18 heavy (non-hydrogen) atoms. The Labute approximate surface area is 113 Å². The smallest absolute Gasteiger partial charge is 0.220 e. The molecule has 0 saturated heterocycles. The Hall–Kier alpha value is -1.47. The van der Waals surface area contributed by atoms with Crippen LogP contribution in [0.25, 0.3) is 0 Å². The number of amides is 1. The first-order valence-electron chi connectivity index (χ1n) is 5.59. The van der Waals surface area contributed by atoms with Gasteiger partial charge in [0.1, 0.15) is 0 Å². The summed E-state index contributed by atoms with van der Waals surface area (Å²) < 4.78 is 0. The molecule has 5 nitrogen and oxygen atoms in total. The van der Waals surface area contributed by atoms with E-state index in [2.05, 4.69) is 15.3 Å². The summed E-state index contributed by atoms with van der Waals surface area (Å²) in [5.41, 5.74) is 6.40. The number of nitrogens with one attached hydrogen (secondary N) is 1. The lowest BCUT2D eigenvalue weighted by atomic mass is 10.2. The summed E-state index contributed by atoms with van der Waals surface area (Å²) in [6.45, 7) is 0.631. The second-order valence-electron chi connectivity index (χ2n) is 3.70. The van der Waals surface area contributed by atoms with Crippen LogP contribution in [0.5, 0.6) is 0 Å². The fourth-order valence-corrected chi connectivity index (χ4v) is 2.67. The van der Waals surface area contributed by atoms with Crippen LogP contribution in [0.2, 0.25) is 0 Å². The minimum absolute atomic E-state index is 0.0399. The normalized spacial score (nSPS) is 10.4. The van der Waals surface area contributed by atoms with E-state index in [0.717, 1.165) is 17.1 Å². The Balaban J connectivity index is 1.63. The number of anilines is 1. The zero-order valence-electron chi connectivity index (χ0n) is 9.76. The fraction of sp³-hybridized carbons (Fsp3) is 0.364. The first-order chi connectivity index (χ1) is 8.74. The van der Waals surface area contributed by atoms with Crippen LogP contribution in [-0.2, 0) is 17.6 Å². The van der Waals surface area contributed by atoms with Gasteiger partial charge in [0.25, 0.3) is 0 Å². The van der Waals surface area contributed by atoms with Gasteiger partial charge in [0.2, 0.25) is 5.91 Å². The van der Waals surface area contributed by atoms with Gasteiger partial charge in [0.15, 0.2) is 5.13 Å². The molecule has 0 aromatic carbocycles. The highest BCUT2D eigenvalue weighted by Crippen LogP contribution is 2.12. The number of thiazole rings is 2. The van der Waals surface area contributed by atoms with E-state index in [1.807, 2.05) is 10.8 Å². The van der Waals surface area contributed by atoms with E-state index in [0.29, 0.717) is 24.5 Å². The maximum absolute atomic E-state index is 11.6. The van der Waals surface area contributed by atoms with Crippen LogP contribution in [0, 0.1) is 0 Å². The summed E-state index contributed by atoms with van der Waals surface area (Å²) in [5.74, 6) is 0.0399. The van der Waals surface area contributed by atoms with Crippen LogP contribution in [0.15, 0.2) is 17.0 Å². The molecular weight excluding hydrogens is 268 g/mol. The molecule has 0 bridgehead atoms. The highest BCUT2D eigenvalue weighted by atomic mass is 32.1. The number of rotatable bonds is 6. The van der Waals surface area contributed by atoms with Crippen LogP contribution in [-0.4, -0.2) is 22.4 Å². The predicted molar refractivity (Wildman–Crippen MR) is 73.7 cm³/mol. The number of aryl methyl sites for hydroxylation is 1. The van der Waals surface area contributed by atoms with Gasteiger partial charge < -0.3 is 11.1 Å². The standard InChI is InChI=1S/C11H14N4OS2/c12-11-15-8(7-18-11)1-2-9(16)13-4-3-10-14-5-6-17-10/h5-7H,1-4H2,(H2,12,15)(H,13,16). The Morgan fingerprint density at radius 1 is 1.39 bits per heavy atom. The SMILES string of the molecule is Nc1nc(CCC(=O)NCCc2nccs2)cs1. The lowest BCUT2D eigenvalue weighted by molar-refractivity contribution is -0.121. The first-order valence-corrected chi connectivity index (χ1v) is 7.35.